The molecule has 1 saturated heterocycles. The molecule has 0 bridgehead atoms. The summed E-state index contributed by atoms with van der Waals surface area (Å²) in [4.78, 5) is 46.8. The molecule has 0 radical (unpaired) electrons. The van der Waals surface area contributed by atoms with Gasteiger partial charge in [0.15, 0.2) is 12.2 Å². The fourth-order valence-electron chi connectivity index (χ4n) is 4.33. The number of oxazole rings is 1. The summed E-state index contributed by atoms with van der Waals surface area (Å²) in [6.07, 6.45) is 10.9. The van der Waals surface area contributed by atoms with Crippen molar-refractivity contribution in [1.82, 2.24) is 24.8 Å². The van der Waals surface area contributed by atoms with Gasteiger partial charge in [0.1, 0.15) is 11.6 Å². The second-order valence-corrected chi connectivity index (χ2v) is 8.78. The maximum Gasteiger partial charge on any atom is 0.407 e. The molecular weight excluding hydrogens is 476 g/mol. The number of anilines is 5. The van der Waals surface area contributed by atoms with Gasteiger partial charge in [0.25, 0.3) is 0 Å². The number of carbonyl (C=O) groups excluding carboxylic acids is 1. The number of nitrogens with one attached hydrogen (secondary N) is 1. The highest BCUT2D eigenvalue weighted by molar-refractivity contribution is 6.02. The molecule has 0 saturated carbocycles. The van der Waals surface area contributed by atoms with Gasteiger partial charge in [-0.1, -0.05) is 12.2 Å². The van der Waals surface area contributed by atoms with Gasteiger partial charge < -0.3 is 24.6 Å². The van der Waals surface area contributed by atoms with Crippen LogP contribution >= 0.6 is 0 Å². The van der Waals surface area contributed by atoms with E-state index in [9.17, 15) is 14.7 Å². The second kappa shape index (κ2) is 10.1. The number of carbonyl (C=O) groups is 2. The van der Waals surface area contributed by atoms with Crippen LogP contribution < -0.4 is 15.1 Å². The molecule has 12 heteroatoms. The number of carboxylic acid groups (broad SMARTS) is 1. The van der Waals surface area contributed by atoms with Crippen molar-refractivity contribution in [3.8, 4) is 0 Å². The van der Waals surface area contributed by atoms with E-state index in [1.807, 2.05) is 32.1 Å². The van der Waals surface area contributed by atoms with E-state index in [2.05, 4.69) is 30.2 Å². The van der Waals surface area contributed by atoms with E-state index in [0.717, 1.165) is 11.4 Å². The molecular formula is C25H26N8O4. The van der Waals surface area contributed by atoms with Crippen LogP contribution in [0.5, 0.6) is 0 Å². The Hall–Kier alpha value is -4.74. The van der Waals surface area contributed by atoms with E-state index >= 15 is 0 Å². The molecule has 0 unspecified atom stereocenters. The number of Topliss-reactive ketones (excluding diaryl/α,β-unsaturated/α-hetero) is 1. The van der Waals surface area contributed by atoms with E-state index in [1.54, 1.807) is 29.4 Å². The predicted octanol–water partition coefficient (Wildman–Crippen LogP) is 3.65. The van der Waals surface area contributed by atoms with Crippen molar-refractivity contribution in [2.24, 2.45) is 0 Å². The summed E-state index contributed by atoms with van der Waals surface area (Å²) < 4.78 is 5.53. The highest BCUT2D eigenvalue weighted by Gasteiger charge is 2.28. The molecule has 12 nitrogen and oxygen atoms in total. The Balaban J connectivity index is 1.36. The Bertz CT molecular complexity index is 1350. The molecule has 1 aliphatic carbocycles. The van der Waals surface area contributed by atoms with Gasteiger partial charge in [-0.25, -0.2) is 19.7 Å². The van der Waals surface area contributed by atoms with E-state index in [1.165, 1.54) is 17.5 Å². The maximum atomic E-state index is 12.7. The lowest BCUT2D eigenvalue weighted by Gasteiger charge is -2.38. The first-order valence-corrected chi connectivity index (χ1v) is 11.8. The minimum absolute atomic E-state index is 0.0651. The highest BCUT2D eigenvalue weighted by atomic mass is 16.4. The number of nitrogens with zero attached hydrogens (tertiary/aromatic N) is 7. The quantitative estimate of drug-likeness (QED) is 0.510. The molecule has 0 aromatic carbocycles. The number of allylic oxidation sites excluding steroid dienone is 4. The Morgan fingerprint density at radius 1 is 1.22 bits per heavy atom. The summed E-state index contributed by atoms with van der Waals surface area (Å²) in [5, 5.41) is 12.5. The van der Waals surface area contributed by atoms with Crippen molar-refractivity contribution in [1.29, 1.82) is 0 Å². The topological polar surface area (TPSA) is 141 Å². The van der Waals surface area contributed by atoms with Crippen molar-refractivity contribution >= 4 is 41.0 Å². The largest absolute Gasteiger partial charge is 0.465 e. The molecule has 3 aromatic rings. The van der Waals surface area contributed by atoms with Crippen molar-refractivity contribution in [2.45, 2.75) is 26.3 Å². The number of aryl methyl sites for hydroxylation is 1. The first-order valence-electron chi connectivity index (χ1n) is 11.8. The van der Waals surface area contributed by atoms with Crippen LogP contribution in [-0.4, -0.2) is 67.5 Å². The van der Waals surface area contributed by atoms with Gasteiger partial charge in [-0.05, 0) is 32.1 Å². The van der Waals surface area contributed by atoms with Crippen LogP contribution in [0.1, 0.15) is 18.9 Å². The molecule has 1 fully saturated rings. The van der Waals surface area contributed by atoms with Crippen LogP contribution in [0.25, 0.3) is 0 Å². The third kappa shape index (κ3) is 4.99. The maximum absolute atomic E-state index is 12.7. The number of hydrogen-bond donors (Lipinski definition) is 2. The number of pyridine rings is 1. The number of rotatable bonds is 6. The van der Waals surface area contributed by atoms with Gasteiger partial charge in [-0.3, -0.25) is 9.69 Å². The van der Waals surface area contributed by atoms with Crippen LogP contribution in [0.4, 0.5) is 34.0 Å². The van der Waals surface area contributed by atoms with Crippen LogP contribution in [0.15, 0.2) is 65.5 Å². The molecule has 4 heterocycles. The van der Waals surface area contributed by atoms with Crippen LogP contribution in [0.2, 0.25) is 0 Å². The lowest BCUT2D eigenvalue weighted by molar-refractivity contribution is -0.114. The van der Waals surface area contributed by atoms with E-state index in [4.69, 9.17) is 4.42 Å². The van der Waals surface area contributed by atoms with E-state index in [-0.39, 0.29) is 18.2 Å². The minimum atomic E-state index is -0.903. The monoisotopic (exact) mass is 502 g/mol. The molecule has 190 valence electrons. The summed E-state index contributed by atoms with van der Waals surface area (Å²) in [6.45, 7) is 5.31. The smallest absolute Gasteiger partial charge is 0.407 e. The van der Waals surface area contributed by atoms with Gasteiger partial charge in [-0.15, -0.1) is 0 Å². The number of hydrogen-bond acceptors (Lipinski definition) is 10. The Morgan fingerprint density at radius 2 is 2.08 bits per heavy atom. The zero-order valence-corrected chi connectivity index (χ0v) is 20.4. The van der Waals surface area contributed by atoms with Crippen molar-refractivity contribution in [3.63, 3.8) is 0 Å². The third-order valence-corrected chi connectivity index (χ3v) is 6.22. The number of ketones is 1. The van der Waals surface area contributed by atoms with E-state index in [0.29, 0.717) is 48.7 Å². The number of aromatic nitrogens is 4. The van der Waals surface area contributed by atoms with Crippen molar-refractivity contribution in [2.75, 3.05) is 34.8 Å². The Labute approximate surface area is 213 Å². The highest BCUT2D eigenvalue weighted by Crippen LogP contribution is 2.33. The molecule has 1 amide bonds. The predicted molar refractivity (Wildman–Crippen MR) is 136 cm³/mol. The summed E-state index contributed by atoms with van der Waals surface area (Å²) in [5.74, 6) is 1.87. The molecule has 1 atom stereocenters. The van der Waals surface area contributed by atoms with Gasteiger partial charge >= 0.3 is 6.09 Å². The van der Waals surface area contributed by atoms with Crippen LogP contribution in [0.3, 0.4) is 0 Å². The van der Waals surface area contributed by atoms with Gasteiger partial charge in [0.2, 0.25) is 11.8 Å². The van der Waals surface area contributed by atoms with Crippen molar-refractivity contribution < 1.29 is 19.1 Å². The molecule has 37 heavy (non-hydrogen) atoms. The molecule has 2 aliphatic rings. The second-order valence-electron chi connectivity index (χ2n) is 8.78. The van der Waals surface area contributed by atoms with Gasteiger partial charge in [0.05, 0.1) is 23.8 Å². The number of amides is 1. The average molecular weight is 503 g/mol. The average Bonchev–Trinajstić information content (AvgIpc) is 3.42. The van der Waals surface area contributed by atoms with E-state index < -0.39 is 6.09 Å². The first-order chi connectivity index (χ1) is 17.9. The molecule has 5 rings (SSSR count). The van der Waals surface area contributed by atoms with Crippen LogP contribution in [-0.2, 0) is 4.79 Å². The summed E-state index contributed by atoms with van der Waals surface area (Å²) >= 11 is 0. The fourth-order valence-corrected chi connectivity index (χ4v) is 4.33. The van der Waals surface area contributed by atoms with Crippen molar-refractivity contribution in [3.05, 3.63) is 66.6 Å². The van der Waals surface area contributed by atoms with Crippen LogP contribution in [0, 0.1) is 6.92 Å². The standard InChI is InChI=1S/C25H26N8O4/c1-16-11-28-24(30-23(16)33(22-13-26-15-37-22)19-5-3-4-6-20(19)34)29-18-7-8-21(27-12-18)31-9-10-32(25(35)36)17(2)14-31/h3-5,7-8,11-13,15,17H,6,9-10,14H2,1-2H3,(H,35,36)(H,28,29,30)/t17-/m0/s1. The molecule has 1 aliphatic heterocycles. The first kappa shape index (κ1) is 24.0. The summed E-state index contributed by atoms with van der Waals surface area (Å²) in [6, 6.07) is 3.62. The Kier molecular flexibility index (Phi) is 6.54. The normalized spacial score (nSPS) is 17.5. The number of piperazine rings is 1. The summed E-state index contributed by atoms with van der Waals surface area (Å²) in [7, 11) is 0. The SMILES string of the molecule is Cc1cnc(Nc2ccc(N3CCN(C(=O)O)[C@@H](C)C3)nc2)nc1N(C1=CC=CCC1=O)c1cnco1. The molecule has 2 N–H and O–H groups in total. The van der Waals surface area contributed by atoms with Gasteiger partial charge in [-0.2, -0.15) is 4.98 Å². The zero-order chi connectivity index (χ0) is 25.9. The third-order valence-electron chi connectivity index (χ3n) is 6.22. The summed E-state index contributed by atoms with van der Waals surface area (Å²) in [5.41, 5.74) is 1.85. The minimum Gasteiger partial charge on any atom is -0.465 e. The molecule has 3 aromatic heterocycles. The lowest BCUT2D eigenvalue weighted by Crippen LogP contribution is -2.53. The zero-order valence-electron chi connectivity index (χ0n) is 20.4. The fraction of sp³-hybridized carbons (Fsp3) is 0.280. The Morgan fingerprint density at radius 3 is 2.76 bits per heavy atom. The molecule has 0 spiro atoms. The lowest BCUT2D eigenvalue weighted by atomic mass is 10.1. The van der Waals surface area contributed by atoms with Gasteiger partial charge in [0, 0.05) is 43.9 Å².